The number of rotatable bonds is 9. The SMILES string of the molecule is CCN(CC)Cc1cccc(-c2nc(C(F)(F)F)c(C(=O)N[C@@H](C)c3cccc(N4CCOCC4)c3)s2)c1. The zero-order valence-corrected chi connectivity index (χ0v) is 22.7. The summed E-state index contributed by atoms with van der Waals surface area (Å²) in [7, 11) is 0. The van der Waals surface area contributed by atoms with E-state index in [0.29, 0.717) is 25.3 Å². The molecule has 0 unspecified atom stereocenters. The molecule has 1 aliphatic heterocycles. The molecular weight excluding hydrogens is 513 g/mol. The zero-order chi connectivity index (χ0) is 27.3. The maximum atomic E-state index is 13.9. The fourth-order valence-corrected chi connectivity index (χ4v) is 5.44. The third-order valence-corrected chi connectivity index (χ3v) is 7.77. The van der Waals surface area contributed by atoms with Crippen molar-refractivity contribution in [1.82, 2.24) is 15.2 Å². The van der Waals surface area contributed by atoms with Crippen molar-refractivity contribution in [2.45, 2.75) is 39.5 Å². The number of carbonyl (C=O) groups excluding carboxylic acids is 1. The minimum atomic E-state index is -4.75. The molecule has 38 heavy (non-hydrogen) atoms. The fraction of sp³-hybridized carbons (Fsp3) is 0.429. The Labute approximate surface area is 225 Å². The lowest BCUT2D eigenvalue weighted by atomic mass is 10.1. The summed E-state index contributed by atoms with van der Waals surface area (Å²) in [5, 5.41) is 2.93. The normalized spacial score (nSPS) is 15.1. The second-order valence-electron chi connectivity index (χ2n) is 9.25. The summed E-state index contributed by atoms with van der Waals surface area (Å²) in [5.41, 5.74) is 2.20. The van der Waals surface area contributed by atoms with E-state index < -0.39 is 28.7 Å². The minimum Gasteiger partial charge on any atom is -0.378 e. The van der Waals surface area contributed by atoms with Crippen LogP contribution in [0.3, 0.4) is 0 Å². The van der Waals surface area contributed by atoms with Gasteiger partial charge in [0.25, 0.3) is 5.91 Å². The van der Waals surface area contributed by atoms with Crippen LogP contribution in [0.4, 0.5) is 18.9 Å². The summed E-state index contributed by atoms with van der Waals surface area (Å²) in [6.45, 7) is 11.1. The molecule has 0 spiro atoms. The smallest absolute Gasteiger partial charge is 0.378 e. The molecule has 3 aromatic rings. The van der Waals surface area contributed by atoms with Crippen LogP contribution in [0, 0.1) is 0 Å². The van der Waals surface area contributed by atoms with Gasteiger partial charge in [-0.2, -0.15) is 13.2 Å². The van der Waals surface area contributed by atoms with E-state index in [1.165, 1.54) is 0 Å². The average Bonchev–Trinajstić information content (AvgIpc) is 3.39. The summed E-state index contributed by atoms with van der Waals surface area (Å²) >= 11 is 0.771. The molecule has 0 saturated carbocycles. The molecule has 1 fully saturated rings. The van der Waals surface area contributed by atoms with E-state index >= 15 is 0 Å². The van der Waals surface area contributed by atoms with E-state index in [4.69, 9.17) is 4.74 Å². The van der Waals surface area contributed by atoms with Crippen molar-refractivity contribution in [3.8, 4) is 10.6 Å². The molecule has 1 amide bonds. The molecule has 10 heteroatoms. The molecule has 0 radical (unpaired) electrons. The predicted molar refractivity (Wildman–Crippen MR) is 145 cm³/mol. The highest BCUT2D eigenvalue weighted by Crippen LogP contribution is 2.38. The van der Waals surface area contributed by atoms with E-state index in [0.717, 1.165) is 54.3 Å². The Morgan fingerprint density at radius 3 is 2.53 bits per heavy atom. The van der Waals surface area contributed by atoms with Gasteiger partial charge in [-0.05, 0) is 49.3 Å². The monoisotopic (exact) mass is 546 g/mol. The van der Waals surface area contributed by atoms with Crippen molar-refractivity contribution >= 4 is 22.9 Å². The molecule has 1 aromatic heterocycles. The van der Waals surface area contributed by atoms with Gasteiger partial charge in [0.2, 0.25) is 0 Å². The highest BCUT2D eigenvalue weighted by Gasteiger charge is 2.40. The molecule has 2 heterocycles. The Kier molecular flexibility index (Phi) is 9.07. The summed E-state index contributed by atoms with van der Waals surface area (Å²) in [5.74, 6) is -0.787. The Balaban J connectivity index is 1.56. The Morgan fingerprint density at radius 1 is 1.13 bits per heavy atom. The summed E-state index contributed by atoms with van der Waals surface area (Å²) in [6, 6.07) is 14.5. The van der Waals surface area contributed by atoms with Gasteiger partial charge in [-0.25, -0.2) is 4.98 Å². The first kappa shape index (κ1) is 28.1. The first-order chi connectivity index (χ1) is 18.2. The molecule has 1 aliphatic rings. The van der Waals surface area contributed by atoms with Crippen molar-refractivity contribution in [1.29, 1.82) is 0 Å². The number of morpholine rings is 1. The van der Waals surface area contributed by atoms with Gasteiger partial charge >= 0.3 is 6.18 Å². The largest absolute Gasteiger partial charge is 0.435 e. The lowest BCUT2D eigenvalue weighted by Gasteiger charge is -2.29. The van der Waals surface area contributed by atoms with Crippen LogP contribution < -0.4 is 10.2 Å². The Morgan fingerprint density at radius 2 is 1.84 bits per heavy atom. The highest BCUT2D eigenvalue weighted by atomic mass is 32.1. The summed E-state index contributed by atoms with van der Waals surface area (Å²) in [4.78, 5) is 21.0. The van der Waals surface area contributed by atoms with Crippen LogP contribution in [0.15, 0.2) is 48.5 Å². The number of nitrogens with zero attached hydrogens (tertiary/aromatic N) is 3. The molecule has 1 atom stereocenters. The van der Waals surface area contributed by atoms with Crippen LogP contribution in [0.2, 0.25) is 0 Å². The van der Waals surface area contributed by atoms with Crippen LogP contribution in [0.5, 0.6) is 0 Å². The zero-order valence-electron chi connectivity index (χ0n) is 21.8. The van der Waals surface area contributed by atoms with Crippen molar-refractivity contribution in [2.75, 3.05) is 44.3 Å². The number of hydrogen-bond acceptors (Lipinski definition) is 6. The summed E-state index contributed by atoms with van der Waals surface area (Å²) < 4.78 is 47.2. The lowest BCUT2D eigenvalue weighted by molar-refractivity contribution is -0.141. The number of alkyl halides is 3. The van der Waals surface area contributed by atoms with Gasteiger partial charge in [-0.1, -0.05) is 44.2 Å². The van der Waals surface area contributed by atoms with Crippen LogP contribution in [-0.2, 0) is 17.5 Å². The van der Waals surface area contributed by atoms with E-state index in [1.807, 2.05) is 42.5 Å². The quantitative estimate of drug-likeness (QED) is 0.357. The number of thiazole rings is 1. The topological polar surface area (TPSA) is 57.7 Å². The Hall–Kier alpha value is -2.95. The van der Waals surface area contributed by atoms with Crippen LogP contribution in [0.25, 0.3) is 10.6 Å². The van der Waals surface area contributed by atoms with E-state index in [2.05, 4.69) is 33.9 Å². The number of ether oxygens (including phenoxy) is 1. The van der Waals surface area contributed by atoms with Crippen molar-refractivity contribution in [3.05, 3.63) is 70.2 Å². The molecule has 2 aromatic carbocycles. The molecule has 1 saturated heterocycles. The molecule has 204 valence electrons. The van der Waals surface area contributed by atoms with Gasteiger partial charge in [0.1, 0.15) is 9.88 Å². The number of halogens is 3. The van der Waals surface area contributed by atoms with Crippen molar-refractivity contribution in [2.24, 2.45) is 0 Å². The number of hydrogen-bond donors (Lipinski definition) is 1. The number of aromatic nitrogens is 1. The summed E-state index contributed by atoms with van der Waals surface area (Å²) in [6.07, 6.45) is -4.75. The number of amides is 1. The molecule has 6 nitrogen and oxygen atoms in total. The number of anilines is 1. The standard InChI is InChI=1S/C28H33F3N4O2S/c1-4-34(5-2)18-20-8-6-10-22(16-20)27-33-25(28(29,30)31)24(38-27)26(36)32-19(3)21-9-7-11-23(17-21)35-12-14-37-15-13-35/h6-11,16-17,19H,4-5,12-15,18H2,1-3H3,(H,32,36)/t19-/m0/s1. The molecule has 1 N–H and O–H groups in total. The van der Waals surface area contributed by atoms with E-state index in [-0.39, 0.29) is 5.01 Å². The predicted octanol–water partition coefficient (Wildman–Crippen LogP) is 6.00. The first-order valence-electron chi connectivity index (χ1n) is 12.8. The highest BCUT2D eigenvalue weighted by molar-refractivity contribution is 7.17. The molecule has 0 bridgehead atoms. The van der Waals surface area contributed by atoms with Crippen molar-refractivity contribution < 1.29 is 22.7 Å². The minimum absolute atomic E-state index is 0.172. The second-order valence-corrected chi connectivity index (χ2v) is 10.2. The number of nitrogens with one attached hydrogen (secondary N) is 1. The Bertz CT molecular complexity index is 1240. The molecular formula is C28H33F3N4O2S. The van der Waals surface area contributed by atoms with Gasteiger partial charge in [0, 0.05) is 30.9 Å². The number of carbonyl (C=O) groups is 1. The average molecular weight is 547 g/mol. The van der Waals surface area contributed by atoms with Gasteiger partial charge in [0.15, 0.2) is 5.69 Å². The van der Waals surface area contributed by atoms with Crippen LogP contribution in [-0.4, -0.2) is 55.2 Å². The van der Waals surface area contributed by atoms with E-state index in [1.54, 1.807) is 13.0 Å². The van der Waals surface area contributed by atoms with Crippen LogP contribution in [0.1, 0.15) is 53.3 Å². The van der Waals surface area contributed by atoms with Crippen molar-refractivity contribution in [3.63, 3.8) is 0 Å². The fourth-order valence-electron chi connectivity index (χ4n) is 4.46. The van der Waals surface area contributed by atoms with Crippen LogP contribution >= 0.6 is 11.3 Å². The van der Waals surface area contributed by atoms with Gasteiger partial charge in [-0.3, -0.25) is 9.69 Å². The lowest BCUT2D eigenvalue weighted by Crippen LogP contribution is -2.36. The third-order valence-electron chi connectivity index (χ3n) is 6.67. The maximum absolute atomic E-state index is 13.9. The maximum Gasteiger partial charge on any atom is 0.435 e. The van der Waals surface area contributed by atoms with Gasteiger partial charge in [0.05, 0.1) is 19.3 Å². The molecule has 0 aliphatic carbocycles. The molecule has 4 rings (SSSR count). The second kappa shape index (κ2) is 12.3. The van der Waals surface area contributed by atoms with E-state index in [9.17, 15) is 18.0 Å². The van der Waals surface area contributed by atoms with Gasteiger partial charge < -0.3 is 15.0 Å². The number of benzene rings is 2. The van der Waals surface area contributed by atoms with Gasteiger partial charge in [-0.15, -0.1) is 11.3 Å². The first-order valence-corrected chi connectivity index (χ1v) is 13.6. The third kappa shape index (κ3) is 6.73.